The number of nitrogens with zero attached hydrogens (tertiary/aromatic N) is 1. The van der Waals surface area contributed by atoms with Crippen LogP contribution in [0.25, 0.3) is 0 Å². The number of benzene rings is 1. The number of fused-ring (bicyclic) bond motifs is 1. The second-order valence-electron chi connectivity index (χ2n) is 5.38. The predicted octanol–water partition coefficient (Wildman–Crippen LogP) is 2.33. The van der Waals surface area contributed by atoms with Crippen LogP contribution in [-0.2, 0) is 16.0 Å². The first-order chi connectivity index (χ1) is 9.15. The smallest absolute Gasteiger partial charge is 0.227 e. The van der Waals surface area contributed by atoms with Gasteiger partial charge in [0.25, 0.3) is 0 Å². The van der Waals surface area contributed by atoms with E-state index in [1.54, 1.807) is 11.8 Å². The first kappa shape index (κ1) is 12.2. The van der Waals surface area contributed by atoms with Gasteiger partial charge in [0.05, 0.1) is 0 Å². The topological polar surface area (TPSA) is 49.4 Å². The summed E-state index contributed by atoms with van der Waals surface area (Å²) >= 11 is 0. The van der Waals surface area contributed by atoms with E-state index in [0.717, 1.165) is 43.6 Å². The second kappa shape index (κ2) is 4.68. The van der Waals surface area contributed by atoms with Gasteiger partial charge in [-0.25, -0.2) is 0 Å². The Morgan fingerprint density at radius 2 is 2.11 bits per heavy atom. The van der Waals surface area contributed by atoms with Crippen LogP contribution in [0.5, 0.6) is 0 Å². The molecular weight excluding hydrogens is 240 g/mol. The molecule has 4 nitrogen and oxygen atoms in total. The van der Waals surface area contributed by atoms with Crippen molar-refractivity contribution in [2.75, 3.05) is 16.8 Å². The fraction of sp³-hybridized carbons (Fsp3) is 0.467. The molecule has 1 saturated carbocycles. The van der Waals surface area contributed by atoms with E-state index in [2.05, 4.69) is 5.32 Å². The molecule has 0 atom stereocenters. The summed E-state index contributed by atoms with van der Waals surface area (Å²) in [6.45, 7) is 2.32. The minimum Gasteiger partial charge on any atom is -0.326 e. The van der Waals surface area contributed by atoms with Crippen LogP contribution in [0.2, 0.25) is 0 Å². The second-order valence-corrected chi connectivity index (χ2v) is 5.38. The number of hydrogen-bond acceptors (Lipinski definition) is 2. The van der Waals surface area contributed by atoms with Gasteiger partial charge < -0.3 is 10.2 Å². The third-order valence-electron chi connectivity index (χ3n) is 4.10. The maximum Gasteiger partial charge on any atom is 0.227 e. The molecule has 1 heterocycles. The van der Waals surface area contributed by atoms with Crippen molar-refractivity contribution in [1.29, 1.82) is 0 Å². The summed E-state index contributed by atoms with van der Waals surface area (Å²) in [7, 11) is 0. The normalized spacial score (nSPS) is 17.8. The first-order valence-corrected chi connectivity index (χ1v) is 6.87. The van der Waals surface area contributed by atoms with Crippen molar-refractivity contribution in [1.82, 2.24) is 0 Å². The van der Waals surface area contributed by atoms with E-state index in [1.807, 2.05) is 18.2 Å². The zero-order valence-corrected chi connectivity index (χ0v) is 11.1. The Morgan fingerprint density at radius 1 is 1.32 bits per heavy atom. The number of rotatable bonds is 2. The monoisotopic (exact) mass is 258 g/mol. The van der Waals surface area contributed by atoms with E-state index in [-0.39, 0.29) is 17.7 Å². The van der Waals surface area contributed by atoms with E-state index in [1.165, 1.54) is 5.56 Å². The van der Waals surface area contributed by atoms with Crippen molar-refractivity contribution >= 4 is 23.2 Å². The van der Waals surface area contributed by atoms with Gasteiger partial charge in [-0.3, -0.25) is 9.59 Å². The third kappa shape index (κ3) is 2.23. The third-order valence-corrected chi connectivity index (χ3v) is 4.10. The van der Waals surface area contributed by atoms with Crippen LogP contribution in [0.15, 0.2) is 18.2 Å². The van der Waals surface area contributed by atoms with Crippen LogP contribution < -0.4 is 10.2 Å². The minimum atomic E-state index is 0.0567. The van der Waals surface area contributed by atoms with Crippen molar-refractivity contribution in [3.63, 3.8) is 0 Å². The summed E-state index contributed by atoms with van der Waals surface area (Å²) in [5.74, 6) is 0.344. The Kier molecular flexibility index (Phi) is 3.01. The average molecular weight is 258 g/mol. The summed E-state index contributed by atoms with van der Waals surface area (Å²) in [5, 5.41) is 2.96. The molecule has 100 valence electrons. The van der Waals surface area contributed by atoms with Crippen molar-refractivity contribution in [3.8, 4) is 0 Å². The summed E-state index contributed by atoms with van der Waals surface area (Å²) in [6.07, 6.45) is 4.04. The molecular formula is C15H18N2O2. The Morgan fingerprint density at radius 3 is 2.74 bits per heavy atom. The van der Waals surface area contributed by atoms with Crippen LogP contribution in [-0.4, -0.2) is 18.4 Å². The molecule has 0 spiro atoms. The summed E-state index contributed by atoms with van der Waals surface area (Å²) in [4.78, 5) is 25.2. The number of hydrogen-bond donors (Lipinski definition) is 1. The summed E-state index contributed by atoms with van der Waals surface area (Å²) in [5.41, 5.74) is 2.92. The molecule has 2 aliphatic rings. The molecule has 1 fully saturated rings. The van der Waals surface area contributed by atoms with Gasteiger partial charge in [-0.15, -0.1) is 0 Å². The van der Waals surface area contributed by atoms with Crippen LogP contribution in [0.4, 0.5) is 11.4 Å². The number of amides is 2. The zero-order chi connectivity index (χ0) is 13.4. The maximum absolute atomic E-state index is 11.9. The molecule has 3 rings (SSSR count). The molecule has 1 aliphatic carbocycles. The highest BCUT2D eigenvalue weighted by Gasteiger charge is 2.26. The van der Waals surface area contributed by atoms with Gasteiger partial charge >= 0.3 is 0 Å². The number of anilines is 2. The summed E-state index contributed by atoms with van der Waals surface area (Å²) in [6, 6.07) is 5.86. The van der Waals surface area contributed by atoms with Crippen molar-refractivity contribution < 1.29 is 9.59 Å². The Bertz CT molecular complexity index is 535. The van der Waals surface area contributed by atoms with Crippen LogP contribution in [0.3, 0.4) is 0 Å². The van der Waals surface area contributed by atoms with Crippen LogP contribution >= 0.6 is 0 Å². The molecule has 1 N–H and O–H groups in total. The molecule has 0 bridgehead atoms. The maximum atomic E-state index is 11.9. The summed E-state index contributed by atoms with van der Waals surface area (Å²) < 4.78 is 0. The minimum absolute atomic E-state index is 0.0567. The van der Waals surface area contributed by atoms with E-state index >= 15 is 0 Å². The molecule has 0 saturated heterocycles. The molecule has 2 amide bonds. The van der Waals surface area contributed by atoms with Gasteiger partial charge in [0.15, 0.2) is 0 Å². The molecule has 19 heavy (non-hydrogen) atoms. The van der Waals surface area contributed by atoms with E-state index in [0.29, 0.717) is 0 Å². The number of carbonyl (C=O) groups excluding carboxylic acids is 2. The van der Waals surface area contributed by atoms with Gasteiger partial charge in [-0.2, -0.15) is 0 Å². The Labute approximate surface area is 112 Å². The highest BCUT2D eigenvalue weighted by atomic mass is 16.2. The zero-order valence-electron chi connectivity index (χ0n) is 11.1. The highest BCUT2D eigenvalue weighted by Crippen LogP contribution is 2.32. The lowest BCUT2D eigenvalue weighted by atomic mass is 9.85. The predicted molar refractivity (Wildman–Crippen MR) is 74.1 cm³/mol. The quantitative estimate of drug-likeness (QED) is 0.885. The standard InChI is InChI=1S/C15H18N2O2/c1-10(18)17-8-7-11-5-6-13(9-14(11)17)16-15(19)12-3-2-4-12/h5-6,9,12H,2-4,7-8H2,1H3,(H,16,19). The van der Waals surface area contributed by atoms with Crippen molar-refractivity contribution in [2.24, 2.45) is 5.92 Å². The van der Waals surface area contributed by atoms with Gasteiger partial charge in [0.1, 0.15) is 0 Å². The first-order valence-electron chi connectivity index (χ1n) is 6.87. The lowest BCUT2D eigenvalue weighted by Gasteiger charge is -2.24. The molecule has 1 aromatic rings. The van der Waals surface area contributed by atoms with Crippen molar-refractivity contribution in [2.45, 2.75) is 32.6 Å². The molecule has 0 unspecified atom stereocenters. The molecule has 0 aromatic heterocycles. The van der Waals surface area contributed by atoms with E-state index < -0.39 is 0 Å². The highest BCUT2D eigenvalue weighted by molar-refractivity contribution is 5.97. The fourth-order valence-corrected chi connectivity index (χ4v) is 2.70. The van der Waals surface area contributed by atoms with E-state index in [9.17, 15) is 9.59 Å². The van der Waals surface area contributed by atoms with Gasteiger partial charge in [0, 0.05) is 30.8 Å². The van der Waals surface area contributed by atoms with Gasteiger partial charge in [-0.05, 0) is 37.0 Å². The average Bonchev–Trinajstić information content (AvgIpc) is 2.69. The SMILES string of the molecule is CC(=O)N1CCc2ccc(NC(=O)C3CCC3)cc21. The van der Waals surface area contributed by atoms with Gasteiger partial charge in [0.2, 0.25) is 11.8 Å². The lowest BCUT2D eigenvalue weighted by molar-refractivity contribution is -0.122. The fourth-order valence-electron chi connectivity index (χ4n) is 2.70. The van der Waals surface area contributed by atoms with Crippen molar-refractivity contribution in [3.05, 3.63) is 23.8 Å². The van der Waals surface area contributed by atoms with E-state index in [4.69, 9.17) is 0 Å². The molecule has 1 aromatic carbocycles. The number of nitrogens with one attached hydrogen (secondary N) is 1. The largest absolute Gasteiger partial charge is 0.326 e. The van der Waals surface area contributed by atoms with Crippen LogP contribution in [0, 0.1) is 5.92 Å². The Hall–Kier alpha value is -1.84. The molecule has 1 aliphatic heterocycles. The lowest BCUT2D eigenvalue weighted by Crippen LogP contribution is -2.28. The number of carbonyl (C=O) groups is 2. The van der Waals surface area contributed by atoms with Gasteiger partial charge in [-0.1, -0.05) is 12.5 Å². The molecule has 0 radical (unpaired) electrons. The van der Waals surface area contributed by atoms with Crippen LogP contribution in [0.1, 0.15) is 31.7 Å². The Balaban J connectivity index is 1.78. The molecule has 4 heteroatoms.